The first kappa shape index (κ1) is 17.3. The molecule has 2 N–H and O–H groups in total. The van der Waals surface area contributed by atoms with Crippen LogP contribution >= 0.6 is 0 Å². The first-order valence-corrected chi connectivity index (χ1v) is 8.69. The highest BCUT2D eigenvalue weighted by atomic mass is 16.1. The van der Waals surface area contributed by atoms with E-state index in [1.165, 1.54) is 0 Å². The molecule has 1 aliphatic heterocycles. The van der Waals surface area contributed by atoms with E-state index in [1.807, 2.05) is 24.0 Å². The van der Waals surface area contributed by atoms with E-state index in [-0.39, 0.29) is 11.8 Å². The van der Waals surface area contributed by atoms with E-state index in [9.17, 15) is 4.79 Å². The summed E-state index contributed by atoms with van der Waals surface area (Å²) in [5.41, 5.74) is 0. The summed E-state index contributed by atoms with van der Waals surface area (Å²) in [5.74, 6) is 1.90. The molecule has 0 saturated carbocycles. The summed E-state index contributed by atoms with van der Waals surface area (Å²) < 4.78 is 2.04. The lowest BCUT2D eigenvalue weighted by molar-refractivity contribution is -0.126. The third kappa shape index (κ3) is 4.99. The highest BCUT2D eigenvalue weighted by Gasteiger charge is 2.25. The zero-order valence-electron chi connectivity index (χ0n) is 14.6. The van der Waals surface area contributed by atoms with Crippen molar-refractivity contribution in [3.63, 3.8) is 0 Å². The molecule has 8 heteroatoms. The van der Waals surface area contributed by atoms with Crippen LogP contribution in [0.2, 0.25) is 0 Å². The first-order valence-electron chi connectivity index (χ1n) is 8.69. The number of amides is 1. The number of carbonyl (C=O) groups excluding carboxylic acids is 1. The van der Waals surface area contributed by atoms with E-state index in [1.54, 1.807) is 18.5 Å². The molecule has 25 heavy (non-hydrogen) atoms. The van der Waals surface area contributed by atoms with Crippen LogP contribution < -0.4 is 10.6 Å². The van der Waals surface area contributed by atoms with Gasteiger partial charge in [-0.3, -0.25) is 9.69 Å². The number of imidazole rings is 1. The number of anilines is 1. The predicted octanol–water partition coefficient (Wildman–Crippen LogP) is 0.650. The Kier molecular flexibility index (Phi) is 5.95. The number of hydrogen-bond acceptors (Lipinski definition) is 6. The third-order valence-corrected chi connectivity index (χ3v) is 4.52. The average Bonchev–Trinajstić information content (AvgIpc) is 3.05. The van der Waals surface area contributed by atoms with E-state index in [4.69, 9.17) is 0 Å². The highest BCUT2D eigenvalue weighted by molar-refractivity contribution is 5.78. The van der Waals surface area contributed by atoms with Crippen molar-refractivity contribution in [3.05, 3.63) is 36.7 Å². The summed E-state index contributed by atoms with van der Waals surface area (Å²) in [6.07, 6.45) is 8.95. The van der Waals surface area contributed by atoms with E-state index in [0.29, 0.717) is 19.0 Å². The molecular weight excluding hydrogens is 318 g/mol. The molecule has 3 heterocycles. The Hall–Kier alpha value is -2.48. The number of carbonyl (C=O) groups is 1. The second kappa shape index (κ2) is 8.57. The molecule has 1 saturated heterocycles. The van der Waals surface area contributed by atoms with E-state index in [0.717, 1.165) is 38.3 Å². The largest absolute Gasteiger partial charge is 0.354 e. The number of likely N-dealkylation sites (tertiary alicyclic amines) is 1. The van der Waals surface area contributed by atoms with Gasteiger partial charge in [-0.15, -0.1) is 0 Å². The normalized spacial score (nSPS) is 15.9. The molecular formula is C17H25N7O. The summed E-state index contributed by atoms with van der Waals surface area (Å²) in [5, 5.41) is 6.09. The van der Waals surface area contributed by atoms with Gasteiger partial charge in [-0.1, -0.05) is 0 Å². The molecule has 2 aromatic heterocycles. The smallest absolute Gasteiger partial charge is 0.223 e. The van der Waals surface area contributed by atoms with Gasteiger partial charge in [0.05, 0.1) is 6.54 Å². The Morgan fingerprint density at radius 2 is 1.92 bits per heavy atom. The minimum Gasteiger partial charge on any atom is -0.354 e. The van der Waals surface area contributed by atoms with E-state index >= 15 is 0 Å². The summed E-state index contributed by atoms with van der Waals surface area (Å²) in [6.45, 7) is 3.90. The maximum Gasteiger partial charge on any atom is 0.223 e. The molecule has 0 aliphatic carbocycles. The van der Waals surface area contributed by atoms with Crippen molar-refractivity contribution in [3.8, 4) is 0 Å². The Morgan fingerprint density at radius 1 is 1.16 bits per heavy atom. The minimum absolute atomic E-state index is 0.102. The fourth-order valence-electron chi connectivity index (χ4n) is 3.00. The third-order valence-electron chi connectivity index (χ3n) is 4.52. The van der Waals surface area contributed by atoms with Crippen molar-refractivity contribution in [1.29, 1.82) is 0 Å². The van der Waals surface area contributed by atoms with Crippen LogP contribution in [0.1, 0.15) is 18.7 Å². The second-order valence-corrected chi connectivity index (χ2v) is 6.29. The fraction of sp³-hybridized carbons (Fsp3) is 0.529. The van der Waals surface area contributed by atoms with Gasteiger partial charge in [0.15, 0.2) is 0 Å². The topological polar surface area (TPSA) is 88.0 Å². The molecule has 134 valence electrons. The average molecular weight is 343 g/mol. The number of hydrogen-bond donors (Lipinski definition) is 2. The van der Waals surface area contributed by atoms with E-state index in [2.05, 4.69) is 30.5 Å². The Bertz CT molecular complexity index is 665. The first-order chi connectivity index (χ1) is 12.2. The lowest BCUT2D eigenvalue weighted by Gasteiger charge is -2.30. The van der Waals surface area contributed by atoms with Crippen molar-refractivity contribution < 1.29 is 4.79 Å². The molecule has 2 aromatic rings. The maximum absolute atomic E-state index is 12.3. The summed E-state index contributed by atoms with van der Waals surface area (Å²) in [7, 11) is 2.01. The Morgan fingerprint density at radius 3 is 2.60 bits per heavy atom. The molecule has 1 fully saturated rings. The summed E-state index contributed by atoms with van der Waals surface area (Å²) >= 11 is 0. The van der Waals surface area contributed by atoms with Crippen LogP contribution in [0, 0.1) is 5.92 Å². The second-order valence-electron chi connectivity index (χ2n) is 6.29. The lowest BCUT2D eigenvalue weighted by atomic mass is 9.96. The number of nitrogens with one attached hydrogen (secondary N) is 2. The van der Waals surface area contributed by atoms with Crippen molar-refractivity contribution in [2.75, 3.05) is 31.5 Å². The quantitative estimate of drug-likeness (QED) is 0.718. The number of aryl methyl sites for hydroxylation is 1. The fourth-order valence-corrected chi connectivity index (χ4v) is 3.00. The van der Waals surface area contributed by atoms with Gasteiger partial charge in [-0.05, 0) is 32.0 Å². The molecule has 0 aromatic carbocycles. The van der Waals surface area contributed by atoms with Gasteiger partial charge in [0.25, 0.3) is 0 Å². The molecule has 0 bridgehead atoms. The Labute approximate surface area is 147 Å². The molecule has 0 radical (unpaired) electrons. The monoisotopic (exact) mass is 343 g/mol. The number of rotatable bonds is 7. The lowest BCUT2D eigenvalue weighted by Crippen LogP contribution is -2.41. The molecule has 0 unspecified atom stereocenters. The van der Waals surface area contributed by atoms with Crippen molar-refractivity contribution in [2.24, 2.45) is 13.0 Å². The predicted molar refractivity (Wildman–Crippen MR) is 94.7 cm³/mol. The van der Waals surface area contributed by atoms with Gasteiger partial charge in [-0.25, -0.2) is 15.0 Å². The van der Waals surface area contributed by atoms with Crippen LogP contribution in [0.15, 0.2) is 30.9 Å². The molecule has 8 nitrogen and oxygen atoms in total. The van der Waals surface area contributed by atoms with Crippen molar-refractivity contribution >= 4 is 11.9 Å². The highest BCUT2D eigenvalue weighted by Crippen LogP contribution is 2.18. The van der Waals surface area contributed by atoms with Gasteiger partial charge < -0.3 is 15.2 Å². The van der Waals surface area contributed by atoms with Crippen LogP contribution in [0.3, 0.4) is 0 Å². The zero-order valence-corrected chi connectivity index (χ0v) is 14.6. The van der Waals surface area contributed by atoms with Gasteiger partial charge in [-0.2, -0.15) is 0 Å². The van der Waals surface area contributed by atoms with Crippen LogP contribution in [0.25, 0.3) is 0 Å². The van der Waals surface area contributed by atoms with Crippen LogP contribution in [-0.2, 0) is 18.4 Å². The van der Waals surface area contributed by atoms with Crippen LogP contribution in [0.4, 0.5) is 5.95 Å². The van der Waals surface area contributed by atoms with Gasteiger partial charge in [0.1, 0.15) is 5.82 Å². The zero-order chi connectivity index (χ0) is 17.5. The maximum atomic E-state index is 12.3. The molecule has 1 amide bonds. The van der Waals surface area contributed by atoms with E-state index < -0.39 is 0 Å². The molecule has 0 atom stereocenters. The number of aromatic nitrogens is 4. The summed E-state index contributed by atoms with van der Waals surface area (Å²) in [4.78, 5) is 27.2. The van der Waals surface area contributed by atoms with Gasteiger partial charge >= 0.3 is 0 Å². The van der Waals surface area contributed by atoms with Crippen molar-refractivity contribution in [2.45, 2.75) is 19.4 Å². The summed E-state index contributed by atoms with van der Waals surface area (Å²) in [6, 6.07) is 1.77. The van der Waals surface area contributed by atoms with Gasteiger partial charge in [0.2, 0.25) is 11.9 Å². The Balaban J connectivity index is 1.33. The number of piperidine rings is 1. The SMILES string of the molecule is Cn1ccnc1CN1CCC(C(=O)NCCNc2ncccn2)CC1. The van der Waals surface area contributed by atoms with Crippen LogP contribution in [0.5, 0.6) is 0 Å². The van der Waals surface area contributed by atoms with Gasteiger partial charge in [0, 0.05) is 50.8 Å². The van der Waals surface area contributed by atoms with Crippen molar-refractivity contribution in [1.82, 2.24) is 29.7 Å². The minimum atomic E-state index is 0.102. The molecule has 1 aliphatic rings. The molecule has 3 rings (SSSR count). The van der Waals surface area contributed by atoms with Crippen LogP contribution in [-0.4, -0.2) is 56.5 Å². The number of nitrogens with zero attached hydrogens (tertiary/aromatic N) is 5. The molecule has 0 spiro atoms. The standard InChI is InChI=1S/C17H25N7O/c1-23-12-9-18-15(23)13-24-10-3-14(4-11-24)16(25)19-7-8-22-17-20-5-2-6-21-17/h2,5-6,9,12,14H,3-4,7-8,10-11,13H2,1H3,(H,19,25)(H,20,21,22).